The average molecular weight is 637 g/mol. The maximum atomic E-state index is 14.0. The fraction of sp³-hybridized carbons (Fsp3) is 0.375. The zero-order valence-electron chi connectivity index (χ0n) is 25.4. The molecule has 0 unspecified atom stereocenters. The van der Waals surface area contributed by atoms with Crippen LogP contribution in [-0.4, -0.2) is 71.9 Å². The molecular weight excluding hydrogens is 599 g/mol. The molecule has 238 valence electrons. The second kappa shape index (κ2) is 14.8. The first-order valence-electron chi connectivity index (χ1n) is 14.9. The molecule has 1 saturated carbocycles. The zero-order chi connectivity index (χ0) is 31.9. The highest BCUT2D eigenvalue weighted by atomic mass is 35.5. The number of carbonyl (C=O) groups excluding carboxylic acids is 1. The molecule has 1 aromatic carbocycles. The van der Waals surface area contributed by atoms with Crippen LogP contribution < -0.4 is 22.1 Å². The molecule has 1 fully saturated rings. The van der Waals surface area contributed by atoms with Gasteiger partial charge in [-0.2, -0.15) is 5.10 Å². The minimum atomic E-state index is -0.466. The maximum absolute atomic E-state index is 14.0. The van der Waals surface area contributed by atoms with E-state index in [1.165, 1.54) is 18.2 Å². The lowest BCUT2D eigenvalue weighted by Gasteiger charge is -2.28. The summed E-state index contributed by atoms with van der Waals surface area (Å²) in [6, 6.07) is 8.07. The standard InChI is InChI=1S/C32H38ClFN8O3/c1-19-13-28(32(43)37-9-10-45-12-11-44-2)38-16-24(19)20-14-29-30(40-23-6-4-22(35)5-7-23)25(17-39-42(29)18-20)31(36)41-27-15-21(34)3-8-26(27)33/h3,8,13-18,22-23,40H,4-7,9-12,35H2,1-2H3,(H2,36,41)(H,37,43)/t22-,23-. The van der Waals surface area contributed by atoms with Gasteiger partial charge in [0.05, 0.1) is 53.5 Å². The quantitative estimate of drug-likeness (QED) is 0.0999. The molecule has 0 spiro atoms. The number of aromatic nitrogens is 3. The van der Waals surface area contributed by atoms with Gasteiger partial charge in [-0.05, 0) is 62.4 Å². The number of aliphatic imine (C=N–C) groups is 1. The van der Waals surface area contributed by atoms with Crippen LogP contribution in [0.2, 0.25) is 5.02 Å². The number of ether oxygens (including phenoxy) is 2. The lowest BCUT2D eigenvalue weighted by Crippen LogP contribution is -2.33. The van der Waals surface area contributed by atoms with Crippen LogP contribution in [-0.2, 0) is 9.47 Å². The second-order valence-electron chi connectivity index (χ2n) is 11.1. The highest BCUT2D eigenvalue weighted by molar-refractivity contribution is 6.33. The van der Waals surface area contributed by atoms with Gasteiger partial charge in [0.2, 0.25) is 0 Å². The number of amidine groups is 1. The molecule has 45 heavy (non-hydrogen) atoms. The number of amides is 1. The molecule has 0 saturated heterocycles. The third-order valence-corrected chi connectivity index (χ3v) is 8.12. The first-order chi connectivity index (χ1) is 21.7. The summed E-state index contributed by atoms with van der Waals surface area (Å²) in [4.78, 5) is 21.6. The molecule has 1 aliphatic carbocycles. The number of halogens is 2. The molecule has 6 N–H and O–H groups in total. The molecule has 4 aromatic rings. The molecule has 0 aliphatic heterocycles. The van der Waals surface area contributed by atoms with Crippen LogP contribution >= 0.6 is 11.6 Å². The fourth-order valence-corrected chi connectivity index (χ4v) is 5.49. The molecule has 3 aromatic heterocycles. The van der Waals surface area contributed by atoms with Crippen LogP contribution in [0.15, 0.2) is 53.9 Å². The molecule has 1 amide bonds. The molecule has 0 bridgehead atoms. The smallest absolute Gasteiger partial charge is 0.269 e. The van der Waals surface area contributed by atoms with Crippen LogP contribution in [0.3, 0.4) is 0 Å². The number of benzene rings is 1. The van der Waals surface area contributed by atoms with Crippen molar-refractivity contribution in [2.75, 3.05) is 38.8 Å². The monoisotopic (exact) mass is 636 g/mol. The van der Waals surface area contributed by atoms with Crippen molar-refractivity contribution >= 4 is 40.2 Å². The molecule has 3 heterocycles. The lowest BCUT2D eigenvalue weighted by atomic mass is 9.91. The number of aryl methyl sites for hydroxylation is 1. The topological polar surface area (TPSA) is 154 Å². The van der Waals surface area contributed by atoms with E-state index in [4.69, 9.17) is 32.5 Å². The van der Waals surface area contributed by atoms with E-state index in [0.29, 0.717) is 37.6 Å². The Hall–Kier alpha value is -4.10. The van der Waals surface area contributed by atoms with Crippen LogP contribution in [0.4, 0.5) is 15.8 Å². The van der Waals surface area contributed by atoms with Gasteiger partial charge >= 0.3 is 0 Å². The lowest BCUT2D eigenvalue weighted by molar-refractivity contribution is 0.0692. The van der Waals surface area contributed by atoms with Crippen LogP contribution in [0.25, 0.3) is 16.6 Å². The Morgan fingerprint density at radius 1 is 1.16 bits per heavy atom. The Labute approximate surface area is 266 Å². The maximum Gasteiger partial charge on any atom is 0.269 e. The summed E-state index contributed by atoms with van der Waals surface area (Å²) in [6.45, 7) is 3.64. The Morgan fingerprint density at radius 2 is 1.96 bits per heavy atom. The average Bonchev–Trinajstić information content (AvgIpc) is 3.46. The summed E-state index contributed by atoms with van der Waals surface area (Å²) < 4.78 is 26.1. The predicted molar refractivity (Wildman–Crippen MR) is 174 cm³/mol. The van der Waals surface area contributed by atoms with Crippen LogP contribution in [0.5, 0.6) is 0 Å². The van der Waals surface area contributed by atoms with Crippen molar-refractivity contribution in [1.82, 2.24) is 19.9 Å². The van der Waals surface area contributed by atoms with E-state index < -0.39 is 5.82 Å². The van der Waals surface area contributed by atoms with Crippen molar-refractivity contribution in [3.63, 3.8) is 0 Å². The summed E-state index contributed by atoms with van der Waals surface area (Å²) in [5.41, 5.74) is 17.9. The van der Waals surface area contributed by atoms with Gasteiger partial charge < -0.3 is 31.6 Å². The van der Waals surface area contributed by atoms with Gasteiger partial charge in [0.15, 0.2) is 0 Å². The molecule has 13 heteroatoms. The number of pyridine rings is 1. The summed E-state index contributed by atoms with van der Waals surface area (Å²) >= 11 is 6.28. The van der Waals surface area contributed by atoms with E-state index in [9.17, 15) is 9.18 Å². The predicted octanol–water partition coefficient (Wildman–Crippen LogP) is 4.61. The molecule has 0 radical (unpaired) electrons. The van der Waals surface area contributed by atoms with Gasteiger partial charge in [0.25, 0.3) is 5.91 Å². The van der Waals surface area contributed by atoms with Crippen molar-refractivity contribution in [1.29, 1.82) is 0 Å². The number of hydrogen-bond donors (Lipinski definition) is 4. The second-order valence-corrected chi connectivity index (χ2v) is 11.5. The van der Waals surface area contributed by atoms with E-state index in [1.807, 2.05) is 19.2 Å². The number of methoxy groups -OCH3 is 1. The van der Waals surface area contributed by atoms with Gasteiger partial charge in [0.1, 0.15) is 17.3 Å². The Kier molecular flexibility index (Phi) is 10.6. The number of rotatable bonds is 12. The number of anilines is 1. The SMILES string of the molecule is COCCOCCNC(=O)c1cc(C)c(-c2cc3c(N[C@H]4CC[C@H](N)CC4)c(/C(N)=N/c4cc(F)ccc4Cl)cnn3c2)cn1. The van der Waals surface area contributed by atoms with Gasteiger partial charge in [-0.3, -0.25) is 9.78 Å². The van der Waals surface area contributed by atoms with E-state index >= 15 is 0 Å². The number of carbonyl (C=O) groups is 1. The van der Waals surface area contributed by atoms with Crippen molar-refractivity contribution in [2.45, 2.75) is 44.7 Å². The van der Waals surface area contributed by atoms with Gasteiger partial charge in [-0.15, -0.1) is 0 Å². The normalized spacial score (nSPS) is 17.0. The Morgan fingerprint density at radius 3 is 2.71 bits per heavy atom. The molecule has 5 rings (SSSR count). The van der Waals surface area contributed by atoms with E-state index in [-0.39, 0.29) is 34.5 Å². The molecule has 1 aliphatic rings. The molecule has 0 atom stereocenters. The van der Waals surface area contributed by atoms with Crippen molar-refractivity contribution in [3.05, 3.63) is 76.6 Å². The van der Waals surface area contributed by atoms with Gasteiger partial charge in [-0.1, -0.05) is 11.6 Å². The molecule has 11 nitrogen and oxygen atoms in total. The first-order valence-corrected chi connectivity index (χ1v) is 15.3. The van der Waals surface area contributed by atoms with E-state index in [2.05, 4.69) is 25.7 Å². The third kappa shape index (κ3) is 7.95. The number of nitrogens with one attached hydrogen (secondary N) is 2. The van der Waals surface area contributed by atoms with Gasteiger partial charge in [-0.25, -0.2) is 13.9 Å². The number of nitrogens with zero attached hydrogens (tertiary/aromatic N) is 4. The van der Waals surface area contributed by atoms with Crippen molar-refractivity contribution in [2.24, 2.45) is 16.5 Å². The largest absolute Gasteiger partial charge is 0.383 e. The number of nitrogens with two attached hydrogens (primary N) is 2. The zero-order valence-corrected chi connectivity index (χ0v) is 26.1. The van der Waals surface area contributed by atoms with Crippen molar-refractivity contribution in [3.8, 4) is 11.1 Å². The van der Waals surface area contributed by atoms with E-state index in [1.54, 1.807) is 30.1 Å². The summed E-state index contributed by atoms with van der Waals surface area (Å²) in [5, 5.41) is 11.4. The number of fused-ring (bicyclic) bond motifs is 1. The minimum absolute atomic E-state index is 0.146. The first kappa shape index (κ1) is 32.3. The van der Waals surface area contributed by atoms with Crippen molar-refractivity contribution < 1.29 is 18.7 Å². The Bertz CT molecular complexity index is 1690. The molecular formula is C32H38ClFN8O3. The van der Waals surface area contributed by atoms with Crippen LogP contribution in [0.1, 0.15) is 47.3 Å². The van der Waals surface area contributed by atoms with Crippen LogP contribution in [0, 0.1) is 12.7 Å². The Balaban J connectivity index is 1.45. The highest BCUT2D eigenvalue weighted by Crippen LogP contribution is 2.33. The fourth-order valence-electron chi connectivity index (χ4n) is 5.33. The minimum Gasteiger partial charge on any atom is -0.383 e. The highest BCUT2D eigenvalue weighted by Gasteiger charge is 2.23. The van der Waals surface area contributed by atoms with E-state index in [0.717, 1.165) is 53.6 Å². The third-order valence-electron chi connectivity index (χ3n) is 7.80. The summed E-state index contributed by atoms with van der Waals surface area (Å²) in [7, 11) is 1.61. The summed E-state index contributed by atoms with van der Waals surface area (Å²) in [5.74, 6) is -0.597. The number of hydrogen-bond acceptors (Lipinski definition) is 8. The van der Waals surface area contributed by atoms with Gasteiger partial charge in [0, 0.05) is 55.3 Å². The summed E-state index contributed by atoms with van der Waals surface area (Å²) in [6.07, 6.45) is 8.86.